The average molecular weight is 1310 g/mol. The molecule has 0 atom stereocenters. The summed E-state index contributed by atoms with van der Waals surface area (Å²) in [7, 11) is -10.0. The maximum Gasteiger partial charge on any atom is 2.00 e. The van der Waals surface area contributed by atoms with E-state index in [1.54, 1.807) is 0 Å². The molecule has 0 saturated carbocycles. The molecule has 0 aliphatic carbocycles. The monoisotopic (exact) mass is 1310 g/mol. The number of benzene rings is 2. The molecule has 500 valence electrons. The van der Waals surface area contributed by atoms with Gasteiger partial charge in [-0.3, -0.25) is 0 Å². The summed E-state index contributed by atoms with van der Waals surface area (Å²) in [6.07, 6.45) is 61.0. The van der Waals surface area contributed by atoms with Crippen molar-refractivity contribution >= 4 is 81.9 Å². The summed E-state index contributed by atoms with van der Waals surface area (Å²) in [5.74, 6) is -3.69. The summed E-state index contributed by atoms with van der Waals surface area (Å²) in [4.78, 5) is 49.8. The van der Waals surface area contributed by atoms with Crippen LogP contribution in [0.25, 0.3) is 0 Å². The van der Waals surface area contributed by atoms with Crippen molar-refractivity contribution in [2.75, 3.05) is 26.4 Å². The Morgan fingerprint density at radius 2 is 0.517 bits per heavy atom. The first-order valence-corrected chi connectivity index (χ1v) is 36.9. The SMILES string of the molecule is CCCCCC/C=C/CCCCCCOC(=O)c1cccc(S(=O)(=O)[O-])c1C(=O)OCCCCCC/C=C/CCCCCC.CCCCCC/C=C/CCCCCCOC(=O)c1cccc(S(=O)(=O)[O-])c1C(=O)OCCCCCC/C=C/CCCCCC.[Ca+2]. The normalized spacial score (nSPS) is 11.8. The summed E-state index contributed by atoms with van der Waals surface area (Å²) in [6, 6.07) is 7.14. The van der Waals surface area contributed by atoms with Crippen LogP contribution >= 0.6 is 0 Å². The van der Waals surface area contributed by atoms with E-state index in [0.717, 1.165) is 141 Å². The zero-order valence-electron chi connectivity index (χ0n) is 55.4. The predicted molar refractivity (Wildman–Crippen MR) is 360 cm³/mol. The van der Waals surface area contributed by atoms with Crippen LogP contribution in [-0.4, -0.2) is 114 Å². The number of hydrogen-bond donors (Lipinski definition) is 0. The molecule has 0 aromatic heterocycles. The van der Waals surface area contributed by atoms with Gasteiger partial charge in [-0.1, -0.05) is 217 Å². The number of esters is 4. The van der Waals surface area contributed by atoms with Crippen molar-refractivity contribution in [3.63, 3.8) is 0 Å². The first-order chi connectivity index (χ1) is 42.6. The topological polar surface area (TPSA) is 220 Å². The summed E-state index contributed by atoms with van der Waals surface area (Å²) in [5.41, 5.74) is -1.62. The third-order valence-corrected chi connectivity index (χ3v) is 16.8. The van der Waals surface area contributed by atoms with Crippen molar-refractivity contribution in [1.82, 2.24) is 0 Å². The second kappa shape index (κ2) is 58.2. The first-order valence-electron chi connectivity index (χ1n) is 34.1. The molecule has 0 aliphatic rings. The maximum absolute atomic E-state index is 12.9. The fourth-order valence-corrected chi connectivity index (χ4v) is 11.1. The van der Waals surface area contributed by atoms with Gasteiger partial charge in [0.1, 0.15) is 20.2 Å². The molecule has 2 rings (SSSR count). The molecule has 0 amide bonds. The smallest absolute Gasteiger partial charge is 0.744 e. The van der Waals surface area contributed by atoms with E-state index >= 15 is 0 Å². The minimum atomic E-state index is -5.01. The molecule has 0 heterocycles. The molecule has 17 heteroatoms. The fraction of sp³-hybridized carbons (Fsp3) is 0.667. The Bertz CT molecular complexity index is 2330. The Balaban J connectivity index is 0.00000172. The number of unbranched alkanes of at least 4 members (excludes halogenated alkanes) is 32. The van der Waals surface area contributed by atoms with Gasteiger partial charge in [-0.2, -0.15) is 0 Å². The van der Waals surface area contributed by atoms with Crippen molar-refractivity contribution in [1.29, 1.82) is 0 Å². The molecule has 0 bridgehead atoms. The molecule has 0 radical (unpaired) electrons. The molecular weight excluding hydrogens is 1190 g/mol. The molecule has 89 heavy (non-hydrogen) atoms. The van der Waals surface area contributed by atoms with Gasteiger partial charge in [0.2, 0.25) is 0 Å². The standard InChI is InChI=1S/2C36H58O7S.Ca/c2*1-3-5-7-9-11-13-15-17-19-21-23-25-30-42-35(37)32-28-27-29-33(44(39,40)41)34(32)36(38)43-31-26-24-22-20-18-16-14-12-10-8-6-4-2;/h2*13-16,27-29H,3-12,17-26,30-31H2,1-2H3,(H,39,40,41);/q;;+2/p-2/b2*15-13+,16-14+;. The van der Waals surface area contributed by atoms with Crippen LogP contribution in [0.5, 0.6) is 0 Å². The quantitative estimate of drug-likeness (QED) is 0.0150. The van der Waals surface area contributed by atoms with Crippen molar-refractivity contribution in [2.45, 2.75) is 294 Å². The number of hydrogen-bond acceptors (Lipinski definition) is 14. The van der Waals surface area contributed by atoms with Gasteiger partial charge in [0, 0.05) is 0 Å². The van der Waals surface area contributed by atoms with E-state index in [-0.39, 0.29) is 75.3 Å². The van der Waals surface area contributed by atoms with Gasteiger partial charge in [0.05, 0.1) is 58.5 Å². The minimum absolute atomic E-state index is 0. The zero-order chi connectivity index (χ0) is 64.6. The number of allylic oxidation sites excluding steroid dienone is 8. The van der Waals surface area contributed by atoms with Crippen molar-refractivity contribution < 1.29 is 64.1 Å². The molecular formula is C72H114CaO14S2. The Labute approximate surface area is 569 Å². The summed E-state index contributed by atoms with van der Waals surface area (Å²) < 4.78 is 92.6. The molecule has 0 aliphatic heterocycles. The Hall–Kier alpha value is -3.64. The molecule has 0 N–H and O–H groups in total. The zero-order valence-corrected chi connectivity index (χ0v) is 59.3. The van der Waals surface area contributed by atoms with E-state index in [4.69, 9.17) is 18.9 Å². The Morgan fingerprint density at radius 3 is 0.730 bits per heavy atom. The van der Waals surface area contributed by atoms with Gasteiger partial charge in [-0.15, -0.1) is 0 Å². The van der Waals surface area contributed by atoms with Crippen molar-refractivity contribution in [2.24, 2.45) is 0 Å². The molecule has 0 saturated heterocycles. The molecule has 0 spiro atoms. The van der Waals surface area contributed by atoms with E-state index in [1.165, 1.54) is 127 Å². The predicted octanol–water partition coefficient (Wildman–Crippen LogP) is 19.3. The van der Waals surface area contributed by atoms with Crippen LogP contribution < -0.4 is 0 Å². The van der Waals surface area contributed by atoms with Crippen LogP contribution in [0.1, 0.15) is 326 Å². The van der Waals surface area contributed by atoms with E-state index in [0.29, 0.717) is 25.7 Å². The average Bonchev–Trinajstić information content (AvgIpc) is 3.38. The number of ether oxygens (including phenoxy) is 4. The van der Waals surface area contributed by atoms with Crippen LogP contribution in [0.2, 0.25) is 0 Å². The Kier molecular flexibility index (Phi) is 55.8. The minimum Gasteiger partial charge on any atom is -0.744 e. The van der Waals surface area contributed by atoms with E-state index < -0.39 is 65.0 Å². The maximum atomic E-state index is 12.9. The van der Waals surface area contributed by atoms with E-state index in [2.05, 4.69) is 76.3 Å². The molecule has 0 fully saturated rings. The number of rotatable bonds is 54. The molecule has 2 aromatic carbocycles. The van der Waals surface area contributed by atoms with Gasteiger partial charge < -0.3 is 28.1 Å². The molecule has 14 nitrogen and oxygen atoms in total. The van der Waals surface area contributed by atoms with Crippen LogP contribution in [-0.2, 0) is 39.2 Å². The first kappa shape index (κ1) is 85.4. The van der Waals surface area contributed by atoms with Crippen molar-refractivity contribution in [3.05, 3.63) is 107 Å². The third kappa shape index (κ3) is 45.3. The van der Waals surface area contributed by atoms with Crippen LogP contribution in [0, 0.1) is 0 Å². The van der Waals surface area contributed by atoms with Gasteiger partial charge in [-0.25, -0.2) is 36.0 Å². The van der Waals surface area contributed by atoms with Gasteiger partial charge >= 0.3 is 61.6 Å². The second-order valence-electron chi connectivity index (χ2n) is 22.9. The number of carbonyl (C=O) groups is 4. The van der Waals surface area contributed by atoms with Crippen LogP contribution in [0.4, 0.5) is 0 Å². The van der Waals surface area contributed by atoms with E-state index in [1.807, 2.05) is 0 Å². The van der Waals surface area contributed by atoms with Gasteiger partial charge in [0.15, 0.2) is 0 Å². The largest absolute Gasteiger partial charge is 2.00 e. The van der Waals surface area contributed by atoms with Gasteiger partial charge in [0.25, 0.3) is 0 Å². The van der Waals surface area contributed by atoms with E-state index in [9.17, 15) is 45.1 Å². The second-order valence-corrected chi connectivity index (χ2v) is 25.6. The molecule has 2 aromatic rings. The summed E-state index contributed by atoms with van der Waals surface area (Å²) in [5, 5.41) is 0. The fourth-order valence-electron chi connectivity index (χ4n) is 9.77. The van der Waals surface area contributed by atoms with Crippen molar-refractivity contribution in [3.8, 4) is 0 Å². The summed E-state index contributed by atoms with van der Waals surface area (Å²) in [6.45, 7) is 9.27. The molecule has 0 unspecified atom stereocenters. The Morgan fingerprint density at radius 1 is 0.315 bits per heavy atom. The summed E-state index contributed by atoms with van der Waals surface area (Å²) >= 11 is 0. The van der Waals surface area contributed by atoms with Gasteiger partial charge in [-0.05, 0) is 153 Å². The van der Waals surface area contributed by atoms with Crippen LogP contribution in [0.15, 0.2) is 94.8 Å². The van der Waals surface area contributed by atoms with Crippen LogP contribution in [0.3, 0.4) is 0 Å². The number of carbonyl (C=O) groups excluding carboxylic acids is 4. The third-order valence-electron chi connectivity index (χ3n) is 15.0.